The van der Waals surface area contributed by atoms with E-state index in [2.05, 4.69) is 46.9 Å². The lowest BCUT2D eigenvalue weighted by Crippen LogP contribution is -2.38. The van der Waals surface area contributed by atoms with Crippen LogP contribution in [0, 0.1) is 22.2 Å². The zero-order valence-corrected chi connectivity index (χ0v) is 12.0. The predicted molar refractivity (Wildman–Crippen MR) is 71.4 cm³/mol. The van der Waals surface area contributed by atoms with Crippen molar-refractivity contribution >= 4 is 0 Å². The van der Waals surface area contributed by atoms with Crippen LogP contribution in [0.4, 0.5) is 0 Å². The average Bonchev–Trinajstić information content (AvgIpc) is 2.60. The highest BCUT2D eigenvalue weighted by molar-refractivity contribution is 5.12. The second-order valence-corrected chi connectivity index (χ2v) is 7.00. The van der Waals surface area contributed by atoms with Crippen molar-refractivity contribution in [3.8, 4) is 0 Å². The van der Waals surface area contributed by atoms with Gasteiger partial charge in [-0.2, -0.15) is 0 Å². The Kier molecular flexibility index (Phi) is 3.76. The van der Waals surface area contributed by atoms with Crippen molar-refractivity contribution in [2.45, 2.75) is 48.0 Å². The topological polar surface area (TPSA) is 38.0 Å². The first-order valence-electron chi connectivity index (χ1n) is 6.62. The van der Waals surface area contributed by atoms with Gasteiger partial charge in [0.2, 0.25) is 0 Å². The average molecular weight is 226 g/mol. The summed E-state index contributed by atoms with van der Waals surface area (Å²) in [5.41, 5.74) is 7.07. The second-order valence-electron chi connectivity index (χ2n) is 7.00. The first kappa shape index (κ1) is 14.0. The van der Waals surface area contributed by atoms with Crippen molar-refractivity contribution < 1.29 is 0 Å². The number of nitrogens with two attached hydrogens (primary N) is 1. The Morgan fingerprint density at radius 3 is 2.00 bits per heavy atom. The molecule has 0 aromatic rings. The Bertz CT molecular complexity index is 225. The van der Waals surface area contributed by atoms with E-state index in [0.717, 1.165) is 32.0 Å². The minimum absolute atomic E-state index is 0.267. The molecule has 0 bridgehead atoms. The van der Waals surface area contributed by atoms with Crippen molar-refractivity contribution in [1.29, 1.82) is 0 Å². The molecule has 2 nitrogen and oxygen atoms in total. The molecule has 1 aliphatic rings. The minimum Gasteiger partial charge on any atom is -0.330 e. The fraction of sp³-hybridized carbons (Fsp3) is 1.00. The number of hydrogen-bond acceptors (Lipinski definition) is 2. The van der Waals surface area contributed by atoms with Crippen LogP contribution in [-0.4, -0.2) is 19.6 Å². The van der Waals surface area contributed by atoms with E-state index in [9.17, 15) is 0 Å². The molecule has 3 N–H and O–H groups in total. The molecule has 0 amide bonds. The Morgan fingerprint density at radius 2 is 1.69 bits per heavy atom. The highest BCUT2D eigenvalue weighted by Gasteiger charge is 2.63. The lowest BCUT2D eigenvalue weighted by molar-refractivity contribution is 0.298. The zero-order chi connectivity index (χ0) is 12.6. The van der Waals surface area contributed by atoms with Crippen LogP contribution in [0.25, 0.3) is 0 Å². The molecular formula is C14H30N2. The summed E-state index contributed by atoms with van der Waals surface area (Å²) in [5, 5.41) is 3.62. The van der Waals surface area contributed by atoms with Gasteiger partial charge in [-0.3, -0.25) is 0 Å². The largest absolute Gasteiger partial charge is 0.330 e. The van der Waals surface area contributed by atoms with E-state index in [-0.39, 0.29) is 5.41 Å². The van der Waals surface area contributed by atoms with Gasteiger partial charge in [0.15, 0.2) is 0 Å². The van der Waals surface area contributed by atoms with E-state index in [1.54, 1.807) is 0 Å². The monoisotopic (exact) mass is 226 g/mol. The summed E-state index contributed by atoms with van der Waals surface area (Å²) in [7, 11) is 0. The third-order valence-electron chi connectivity index (χ3n) is 5.57. The summed E-state index contributed by atoms with van der Waals surface area (Å²) in [6.45, 7) is 16.9. The maximum Gasteiger partial charge on any atom is 0.00173 e. The van der Waals surface area contributed by atoms with E-state index in [4.69, 9.17) is 5.73 Å². The number of rotatable bonds is 6. The van der Waals surface area contributed by atoms with Crippen LogP contribution in [0.5, 0.6) is 0 Å². The highest BCUT2D eigenvalue weighted by atomic mass is 14.9. The van der Waals surface area contributed by atoms with Crippen LogP contribution >= 0.6 is 0 Å². The third kappa shape index (κ3) is 2.28. The van der Waals surface area contributed by atoms with Gasteiger partial charge < -0.3 is 11.1 Å². The van der Waals surface area contributed by atoms with E-state index in [0.29, 0.717) is 10.8 Å². The molecule has 1 fully saturated rings. The Balaban J connectivity index is 2.33. The Hall–Kier alpha value is -0.0800. The van der Waals surface area contributed by atoms with Gasteiger partial charge in [0.25, 0.3) is 0 Å². The minimum atomic E-state index is 0.267. The van der Waals surface area contributed by atoms with E-state index in [1.807, 2.05) is 0 Å². The summed E-state index contributed by atoms with van der Waals surface area (Å²) in [6, 6.07) is 0. The molecule has 0 radical (unpaired) electrons. The zero-order valence-electron chi connectivity index (χ0n) is 12.0. The summed E-state index contributed by atoms with van der Waals surface area (Å²) in [6.07, 6.45) is 1.15. The molecule has 1 unspecified atom stereocenters. The molecule has 96 valence electrons. The Labute approximate surface area is 101 Å². The van der Waals surface area contributed by atoms with E-state index < -0.39 is 0 Å². The van der Waals surface area contributed by atoms with Gasteiger partial charge >= 0.3 is 0 Å². The van der Waals surface area contributed by atoms with Crippen LogP contribution < -0.4 is 11.1 Å². The summed E-state index contributed by atoms with van der Waals surface area (Å²) < 4.78 is 0. The van der Waals surface area contributed by atoms with Crippen molar-refractivity contribution in [2.75, 3.05) is 19.6 Å². The molecule has 1 rings (SSSR count). The van der Waals surface area contributed by atoms with Gasteiger partial charge in [0.1, 0.15) is 0 Å². The summed E-state index contributed by atoms with van der Waals surface area (Å²) in [5.74, 6) is 0.805. The fourth-order valence-corrected chi connectivity index (χ4v) is 2.70. The molecule has 1 aliphatic carbocycles. The van der Waals surface area contributed by atoms with E-state index in [1.165, 1.54) is 0 Å². The molecule has 1 atom stereocenters. The van der Waals surface area contributed by atoms with Gasteiger partial charge in [-0.25, -0.2) is 0 Å². The maximum absolute atomic E-state index is 5.82. The van der Waals surface area contributed by atoms with Crippen molar-refractivity contribution in [2.24, 2.45) is 27.9 Å². The van der Waals surface area contributed by atoms with Crippen LogP contribution in [0.2, 0.25) is 0 Å². The quantitative estimate of drug-likeness (QED) is 0.730. The number of hydrogen-bond donors (Lipinski definition) is 2. The molecule has 2 heteroatoms. The maximum atomic E-state index is 5.82. The molecule has 16 heavy (non-hydrogen) atoms. The lowest BCUT2D eigenvalue weighted by atomic mass is 9.87. The van der Waals surface area contributed by atoms with Crippen LogP contribution in [-0.2, 0) is 0 Å². The molecule has 0 aromatic carbocycles. The second kappa shape index (κ2) is 4.30. The van der Waals surface area contributed by atoms with Crippen molar-refractivity contribution in [3.05, 3.63) is 0 Å². The molecule has 1 saturated carbocycles. The number of nitrogens with one attached hydrogen (secondary N) is 1. The molecule has 0 aliphatic heterocycles. The standard InChI is InChI=1S/C14H30N2/c1-7-14(6,9-15)10-16-8-11-12(2,3)13(11,4)5/h11,16H,7-10,15H2,1-6H3. The SMILES string of the molecule is CCC(C)(CN)CNCC1C(C)(C)C1(C)C. The highest BCUT2D eigenvalue weighted by Crippen LogP contribution is 2.67. The smallest absolute Gasteiger partial charge is 0.00173 e. The normalized spacial score (nSPS) is 26.4. The van der Waals surface area contributed by atoms with Gasteiger partial charge in [-0.05, 0) is 41.7 Å². The molecule has 0 aromatic heterocycles. The van der Waals surface area contributed by atoms with Crippen molar-refractivity contribution in [3.63, 3.8) is 0 Å². The van der Waals surface area contributed by atoms with Crippen LogP contribution in [0.1, 0.15) is 48.0 Å². The third-order valence-corrected chi connectivity index (χ3v) is 5.57. The summed E-state index contributed by atoms with van der Waals surface area (Å²) in [4.78, 5) is 0. The van der Waals surface area contributed by atoms with Crippen LogP contribution in [0.3, 0.4) is 0 Å². The van der Waals surface area contributed by atoms with Crippen molar-refractivity contribution in [1.82, 2.24) is 5.32 Å². The first-order valence-corrected chi connectivity index (χ1v) is 6.62. The lowest BCUT2D eigenvalue weighted by Gasteiger charge is -2.26. The van der Waals surface area contributed by atoms with Gasteiger partial charge in [-0.1, -0.05) is 41.5 Å². The molecule has 0 spiro atoms. The fourth-order valence-electron chi connectivity index (χ4n) is 2.70. The molecule has 0 saturated heterocycles. The Morgan fingerprint density at radius 1 is 1.19 bits per heavy atom. The first-order chi connectivity index (χ1) is 7.21. The van der Waals surface area contributed by atoms with Gasteiger partial charge in [0, 0.05) is 6.54 Å². The van der Waals surface area contributed by atoms with Gasteiger partial charge in [0.05, 0.1) is 0 Å². The predicted octanol–water partition coefficient (Wildman–Crippen LogP) is 2.63. The van der Waals surface area contributed by atoms with E-state index >= 15 is 0 Å². The summed E-state index contributed by atoms with van der Waals surface area (Å²) >= 11 is 0. The van der Waals surface area contributed by atoms with Gasteiger partial charge in [-0.15, -0.1) is 0 Å². The van der Waals surface area contributed by atoms with Crippen LogP contribution in [0.15, 0.2) is 0 Å². The molecule has 0 heterocycles. The molecular weight excluding hydrogens is 196 g/mol.